The highest BCUT2D eigenvalue weighted by atomic mass is 16.2. The molecule has 0 aliphatic rings. The first-order valence-corrected chi connectivity index (χ1v) is 7.98. The van der Waals surface area contributed by atoms with Crippen LogP contribution in [0.4, 0.5) is 0 Å². The van der Waals surface area contributed by atoms with Crippen LogP contribution in [0.15, 0.2) is 0 Å². The predicted molar refractivity (Wildman–Crippen MR) is 80.6 cm³/mol. The molecule has 0 aromatic carbocycles. The Morgan fingerprint density at radius 1 is 0.611 bits per heavy atom. The van der Waals surface area contributed by atoms with Crippen molar-refractivity contribution in [2.45, 2.75) is 90.4 Å². The van der Waals surface area contributed by atoms with Crippen LogP contribution in [0.25, 0.3) is 0 Å². The minimum absolute atomic E-state index is 0.351. The molecule has 0 heterocycles. The van der Waals surface area contributed by atoms with Crippen molar-refractivity contribution in [1.82, 2.24) is 0 Å². The van der Waals surface area contributed by atoms with Gasteiger partial charge in [-0.05, 0) is 19.3 Å². The standard InChI is InChI=1S/C17H32O/c1-2-3-4-5-6-7-8-9-10-11-12-13-14-15-16-17-18/h18H,2-7,10-17H2,1H3. The van der Waals surface area contributed by atoms with Gasteiger partial charge in [-0.2, -0.15) is 0 Å². The number of aliphatic hydroxyl groups excluding tert-OH is 1. The molecule has 1 N–H and O–H groups in total. The van der Waals surface area contributed by atoms with E-state index in [0.717, 1.165) is 19.3 Å². The largest absolute Gasteiger partial charge is 0.396 e. The molecule has 0 unspecified atom stereocenters. The highest BCUT2D eigenvalue weighted by molar-refractivity contribution is 4.98. The smallest absolute Gasteiger partial charge is 0.0431 e. The molecule has 0 aliphatic carbocycles. The molecule has 1 heteroatoms. The summed E-state index contributed by atoms with van der Waals surface area (Å²) < 4.78 is 0. The first kappa shape index (κ1) is 17.5. The minimum Gasteiger partial charge on any atom is -0.396 e. The van der Waals surface area contributed by atoms with Crippen molar-refractivity contribution in [2.24, 2.45) is 0 Å². The fourth-order valence-electron chi connectivity index (χ4n) is 2.03. The second-order valence-electron chi connectivity index (χ2n) is 5.11. The third-order valence-corrected chi connectivity index (χ3v) is 3.24. The van der Waals surface area contributed by atoms with Gasteiger partial charge in [0.05, 0.1) is 0 Å². The lowest BCUT2D eigenvalue weighted by atomic mass is 10.1. The summed E-state index contributed by atoms with van der Waals surface area (Å²) in [7, 11) is 0. The van der Waals surface area contributed by atoms with Gasteiger partial charge in [0.1, 0.15) is 0 Å². The molecular weight excluding hydrogens is 220 g/mol. The molecule has 1 nitrogen and oxygen atoms in total. The normalized spacial score (nSPS) is 10.1. The van der Waals surface area contributed by atoms with Gasteiger partial charge in [0, 0.05) is 19.4 Å². The Morgan fingerprint density at radius 3 is 1.56 bits per heavy atom. The van der Waals surface area contributed by atoms with E-state index in [-0.39, 0.29) is 0 Å². The maximum Gasteiger partial charge on any atom is 0.0431 e. The third-order valence-electron chi connectivity index (χ3n) is 3.24. The van der Waals surface area contributed by atoms with E-state index in [0.29, 0.717) is 6.61 Å². The summed E-state index contributed by atoms with van der Waals surface area (Å²) in [6, 6.07) is 0. The van der Waals surface area contributed by atoms with Gasteiger partial charge in [-0.3, -0.25) is 0 Å². The van der Waals surface area contributed by atoms with Gasteiger partial charge in [-0.1, -0.05) is 58.3 Å². The number of rotatable bonds is 12. The molecule has 0 aromatic heterocycles. The van der Waals surface area contributed by atoms with Crippen LogP contribution in [-0.2, 0) is 0 Å². The van der Waals surface area contributed by atoms with E-state index < -0.39 is 0 Å². The average Bonchev–Trinajstić information content (AvgIpc) is 2.39. The van der Waals surface area contributed by atoms with Crippen LogP contribution >= 0.6 is 0 Å². The van der Waals surface area contributed by atoms with E-state index in [1.54, 1.807) is 0 Å². The molecule has 0 bridgehead atoms. The SMILES string of the molecule is CCCCCCCC#CCCCCCCCCO. The lowest BCUT2D eigenvalue weighted by Crippen LogP contribution is -1.83. The van der Waals surface area contributed by atoms with Crippen molar-refractivity contribution >= 4 is 0 Å². The Balaban J connectivity index is 3.05. The Bertz CT molecular complexity index is 199. The summed E-state index contributed by atoms with van der Waals surface area (Å²) in [6.07, 6.45) is 16.2. The lowest BCUT2D eigenvalue weighted by Gasteiger charge is -1.97. The summed E-state index contributed by atoms with van der Waals surface area (Å²) in [5.41, 5.74) is 0. The molecular formula is C17H32O. The second-order valence-corrected chi connectivity index (χ2v) is 5.11. The number of aliphatic hydroxyl groups is 1. The summed E-state index contributed by atoms with van der Waals surface area (Å²) in [6.45, 7) is 2.60. The van der Waals surface area contributed by atoms with Crippen LogP contribution in [0.2, 0.25) is 0 Å². The van der Waals surface area contributed by atoms with Crippen molar-refractivity contribution in [3.63, 3.8) is 0 Å². The van der Waals surface area contributed by atoms with E-state index in [2.05, 4.69) is 18.8 Å². The van der Waals surface area contributed by atoms with Crippen molar-refractivity contribution in [2.75, 3.05) is 6.61 Å². The van der Waals surface area contributed by atoms with E-state index >= 15 is 0 Å². The van der Waals surface area contributed by atoms with Crippen LogP contribution in [0, 0.1) is 11.8 Å². The van der Waals surface area contributed by atoms with Crippen molar-refractivity contribution in [1.29, 1.82) is 0 Å². The molecule has 0 amide bonds. The predicted octanol–water partition coefficient (Wildman–Crippen LogP) is 5.07. The van der Waals surface area contributed by atoms with Gasteiger partial charge < -0.3 is 5.11 Å². The quantitative estimate of drug-likeness (QED) is 0.379. The maximum absolute atomic E-state index is 8.64. The van der Waals surface area contributed by atoms with Crippen LogP contribution in [0.1, 0.15) is 90.4 Å². The van der Waals surface area contributed by atoms with E-state index in [1.807, 2.05) is 0 Å². The fraction of sp³-hybridized carbons (Fsp3) is 0.882. The van der Waals surface area contributed by atoms with Crippen molar-refractivity contribution in [3.8, 4) is 11.8 Å². The van der Waals surface area contributed by atoms with Gasteiger partial charge in [0.25, 0.3) is 0 Å². The van der Waals surface area contributed by atoms with Gasteiger partial charge in [0.15, 0.2) is 0 Å². The minimum atomic E-state index is 0.351. The molecule has 0 rings (SSSR count). The highest BCUT2D eigenvalue weighted by Gasteiger charge is 1.89. The number of hydrogen-bond donors (Lipinski definition) is 1. The number of unbranched alkanes of at least 4 members (excludes halogenated alkanes) is 11. The molecule has 0 aromatic rings. The third kappa shape index (κ3) is 15.5. The Kier molecular flexibility index (Phi) is 16.1. The van der Waals surface area contributed by atoms with E-state index in [4.69, 9.17) is 5.11 Å². The average molecular weight is 252 g/mol. The fourth-order valence-corrected chi connectivity index (χ4v) is 2.03. The lowest BCUT2D eigenvalue weighted by molar-refractivity contribution is 0.282. The number of hydrogen-bond acceptors (Lipinski definition) is 1. The maximum atomic E-state index is 8.64. The monoisotopic (exact) mass is 252 g/mol. The highest BCUT2D eigenvalue weighted by Crippen LogP contribution is 2.07. The Morgan fingerprint density at radius 2 is 1.06 bits per heavy atom. The Labute approximate surface area is 114 Å². The summed E-state index contributed by atoms with van der Waals surface area (Å²) in [4.78, 5) is 0. The van der Waals surface area contributed by atoms with E-state index in [9.17, 15) is 0 Å². The first-order chi connectivity index (χ1) is 8.91. The molecule has 106 valence electrons. The molecule has 0 fully saturated rings. The zero-order valence-corrected chi connectivity index (χ0v) is 12.3. The van der Waals surface area contributed by atoms with Gasteiger partial charge in [-0.15, -0.1) is 11.8 Å². The van der Waals surface area contributed by atoms with Gasteiger partial charge in [-0.25, -0.2) is 0 Å². The molecule has 18 heavy (non-hydrogen) atoms. The summed E-state index contributed by atoms with van der Waals surface area (Å²) in [5, 5.41) is 8.64. The summed E-state index contributed by atoms with van der Waals surface area (Å²) in [5.74, 6) is 6.58. The van der Waals surface area contributed by atoms with Crippen LogP contribution < -0.4 is 0 Å². The van der Waals surface area contributed by atoms with Crippen molar-refractivity contribution < 1.29 is 5.11 Å². The topological polar surface area (TPSA) is 20.2 Å². The Hall–Kier alpha value is -0.480. The summed E-state index contributed by atoms with van der Waals surface area (Å²) >= 11 is 0. The second kappa shape index (κ2) is 16.5. The van der Waals surface area contributed by atoms with E-state index in [1.165, 1.54) is 64.2 Å². The molecule has 0 saturated carbocycles. The molecule has 0 radical (unpaired) electrons. The van der Waals surface area contributed by atoms with Crippen LogP contribution in [0.5, 0.6) is 0 Å². The first-order valence-electron chi connectivity index (χ1n) is 7.98. The van der Waals surface area contributed by atoms with Gasteiger partial charge in [0.2, 0.25) is 0 Å². The van der Waals surface area contributed by atoms with Crippen LogP contribution in [-0.4, -0.2) is 11.7 Å². The van der Waals surface area contributed by atoms with Gasteiger partial charge >= 0.3 is 0 Å². The molecule has 0 saturated heterocycles. The molecule has 0 atom stereocenters. The molecule has 0 aliphatic heterocycles. The van der Waals surface area contributed by atoms with Crippen molar-refractivity contribution in [3.05, 3.63) is 0 Å². The zero-order valence-electron chi connectivity index (χ0n) is 12.3. The van der Waals surface area contributed by atoms with Crippen LogP contribution in [0.3, 0.4) is 0 Å². The zero-order chi connectivity index (χ0) is 13.3. The molecule has 0 spiro atoms.